The molecule has 0 radical (unpaired) electrons. The van der Waals surface area contributed by atoms with Crippen molar-refractivity contribution in [1.29, 1.82) is 0 Å². The van der Waals surface area contributed by atoms with Gasteiger partial charge in [-0.1, -0.05) is 0 Å². The van der Waals surface area contributed by atoms with E-state index in [4.69, 9.17) is 4.74 Å². The highest BCUT2D eigenvalue weighted by atomic mass is 19.1. The predicted molar refractivity (Wildman–Crippen MR) is 64.3 cm³/mol. The molecule has 1 fully saturated rings. The number of halogens is 2. The van der Waals surface area contributed by atoms with Crippen LogP contribution in [0.25, 0.3) is 0 Å². The molecular formula is C14H18F2O2. The van der Waals surface area contributed by atoms with Crippen LogP contribution in [0.3, 0.4) is 0 Å². The second-order valence-corrected chi connectivity index (χ2v) is 5.12. The molecule has 0 amide bonds. The Balaban J connectivity index is 2.08. The highest BCUT2D eigenvalue weighted by Gasteiger charge is 2.35. The third kappa shape index (κ3) is 3.06. The van der Waals surface area contributed by atoms with Gasteiger partial charge in [0.2, 0.25) is 0 Å². The van der Waals surface area contributed by atoms with Crippen molar-refractivity contribution in [2.75, 3.05) is 6.61 Å². The number of aliphatic hydroxyl groups is 1. The van der Waals surface area contributed by atoms with Gasteiger partial charge in [-0.2, -0.15) is 0 Å². The maximum atomic E-state index is 13.1. The molecule has 18 heavy (non-hydrogen) atoms. The van der Waals surface area contributed by atoms with Gasteiger partial charge in [0.1, 0.15) is 11.6 Å². The van der Waals surface area contributed by atoms with Gasteiger partial charge in [-0.3, -0.25) is 0 Å². The Morgan fingerprint density at radius 1 is 1.28 bits per heavy atom. The Hall–Kier alpha value is -1.00. The lowest BCUT2D eigenvalue weighted by molar-refractivity contribution is -0.135. The van der Waals surface area contributed by atoms with Gasteiger partial charge in [0.05, 0.1) is 11.7 Å². The first-order chi connectivity index (χ1) is 8.49. The van der Waals surface area contributed by atoms with Gasteiger partial charge < -0.3 is 9.84 Å². The minimum Gasteiger partial charge on any atom is -0.390 e. The molecule has 0 saturated carbocycles. The SMILES string of the molecule is CC1(C(O)Cc2cc(F)cc(F)c2)CCCCO1. The first-order valence-electron chi connectivity index (χ1n) is 6.27. The molecule has 0 spiro atoms. The second kappa shape index (κ2) is 5.33. The standard InChI is InChI=1S/C14H18F2O2/c1-14(4-2-3-5-18-14)13(17)8-10-6-11(15)9-12(16)7-10/h6-7,9,13,17H,2-5,8H2,1H3. The normalized spacial score (nSPS) is 26.0. The quantitative estimate of drug-likeness (QED) is 0.901. The van der Waals surface area contributed by atoms with Gasteiger partial charge in [0.25, 0.3) is 0 Å². The lowest BCUT2D eigenvalue weighted by Crippen LogP contribution is -2.45. The van der Waals surface area contributed by atoms with E-state index in [1.165, 1.54) is 12.1 Å². The van der Waals surface area contributed by atoms with Crippen LogP contribution in [0, 0.1) is 11.6 Å². The summed E-state index contributed by atoms with van der Waals surface area (Å²) in [5, 5.41) is 10.2. The Bertz CT molecular complexity index is 394. The van der Waals surface area contributed by atoms with E-state index < -0.39 is 23.3 Å². The molecule has 0 aliphatic carbocycles. The number of benzene rings is 1. The average Bonchev–Trinajstić information content (AvgIpc) is 2.28. The van der Waals surface area contributed by atoms with Crippen molar-refractivity contribution in [2.24, 2.45) is 0 Å². The molecule has 2 unspecified atom stereocenters. The van der Waals surface area contributed by atoms with Crippen molar-refractivity contribution in [1.82, 2.24) is 0 Å². The van der Waals surface area contributed by atoms with Gasteiger partial charge in [0.15, 0.2) is 0 Å². The maximum absolute atomic E-state index is 13.1. The molecule has 1 aromatic carbocycles. The van der Waals surface area contributed by atoms with E-state index in [2.05, 4.69) is 0 Å². The van der Waals surface area contributed by atoms with E-state index in [-0.39, 0.29) is 6.42 Å². The largest absolute Gasteiger partial charge is 0.390 e. The molecular weight excluding hydrogens is 238 g/mol. The number of aliphatic hydroxyl groups excluding tert-OH is 1. The van der Waals surface area contributed by atoms with Crippen molar-refractivity contribution < 1.29 is 18.6 Å². The van der Waals surface area contributed by atoms with Crippen LogP contribution in [0.4, 0.5) is 8.78 Å². The van der Waals surface area contributed by atoms with Gasteiger partial charge in [-0.15, -0.1) is 0 Å². The molecule has 2 atom stereocenters. The second-order valence-electron chi connectivity index (χ2n) is 5.12. The van der Waals surface area contributed by atoms with Crippen molar-refractivity contribution in [2.45, 2.75) is 44.3 Å². The van der Waals surface area contributed by atoms with Crippen LogP contribution in [-0.2, 0) is 11.2 Å². The summed E-state index contributed by atoms with van der Waals surface area (Å²) in [7, 11) is 0. The Morgan fingerprint density at radius 3 is 2.50 bits per heavy atom. The van der Waals surface area contributed by atoms with Gasteiger partial charge in [-0.25, -0.2) is 8.78 Å². The van der Waals surface area contributed by atoms with E-state index in [9.17, 15) is 13.9 Å². The summed E-state index contributed by atoms with van der Waals surface area (Å²) < 4.78 is 31.7. The maximum Gasteiger partial charge on any atom is 0.126 e. The lowest BCUT2D eigenvalue weighted by Gasteiger charge is -2.38. The van der Waals surface area contributed by atoms with Crippen LogP contribution in [0.15, 0.2) is 18.2 Å². The fourth-order valence-corrected chi connectivity index (χ4v) is 2.39. The van der Waals surface area contributed by atoms with Crippen molar-refractivity contribution >= 4 is 0 Å². The Labute approximate surface area is 106 Å². The van der Waals surface area contributed by atoms with Crippen LogP contribution >= 0.6 is 0 Å². The molecule has 1 heterocycles. The van der Waals surface area contributed by atoms with Gasteiger partial charge in [-0.05, 0) is 43.9 Å². The van der Waals surface area contributed by atoms with Crippen molar-refractivity contribution in [3.63, 3.8) is 0 Å². The van der Waals surface area contributed by atoms with Gasteiger partial charge >= 0.3 is 0 Å². The zero-order chi connectivity index (χ0) is 13.2. The molecule has 1 aliphatic heterocycles. The number of rotatable bonds is 3. The van der Waals surface area contributed by atoms with E-state index in [0.717, 1.165) is 25.3 Å². The minimum atomic E-state index is -0.751. The van der Waals surface area contributed by atoms with Crippen LogP contribution in [-0.4, -0.2) is 23.4 Å². The van der Waals surface area contributed by atoms with Crippen LogP contribution in [0.2, 0.25) is 0 Å². The van der Waals surface area contributed by atoms with E-state index >= 15 is 0 Å². The topological polar surface area (TPSA) is 29.5 Å². The molecule has 100 valence electrons. The van der Waals surface area contributed by atoms with Crippen LogP contribution < -0.4 is 0 Å². The zero-order valence-electron chi connectivity index (χ0n) is 10.5. The van der Waals surface area contributed by atoms with Crippen LogP contribution in [0.1, 0.15) is 31.7 Å². The molecule has 1 N–H and O–H groups in total. The van der Waals surface area contributed by atoms with Crippen molar-refractivity contribution in [3.05, 3.63) is 35.4 Å². The summed E-state index contributed by atoms with van der Waals surface area (Å²) in [6.45, 7) is 2.48. The van der Waals surface area contributed by atoms with E-state index in [1.807, 2.05) is 6.92 Å². The van der Waals surface area contributed by atoms with Crippen LogP contribution in [0.5, 0.6) is 0 Å². The van der Waals surface area contributed by atoms with E-state index in [0.29, 0.717) is 12.2 Å². The molecule has 2 rings (SSSR count). The van der Waals surface area contributed by atoms with E-state index in [1.54, 1.807) is 0 Å². The average molecular weight is 256 g/mol. The molecule has 4 heteroatoms. The summed E-state index contributed by atoms with van der Waals surface area (Å²) in [5.41, 5.74) is -0.156. The monoisotopic (exact) mass is 256 g/mol. The first-order valence-corrected chi connectivity index (χ1v) is 6.27. The highest BCUT2D eigenvalue weighted by molar-refractivity contribution is 5.19. The summed E-state index contributed by atoms with van der Waals surface area (Å²) in [6, 6.07) is 3.33. The fourth-order valence-electron chi connectivity index (χ4n) is 2.39. The number of hydrogen-bond donors (Lipinski definition) is 1. The molecule has 1 saturated heterocycles. The third-order valence-electron chi connectivity index (χ3n) is 3.56. The first kappa shape index (κ1) is 13.4. The summed E-state index contributed by atoms with van der Waals surface area (Å²) in [5.74, 6) is -1.24. The van der Waals surface area contributed by atoms with Gasteiger partial charge in [0, 0.05) is 19.1 Å². The molecule has 2 nitrogen and oxygen atoms in total. The molecule has 0 bridgehead atoms. The molecule has 1 aromatic rings. The summed E-state index contributed by atoms with van der Waals surface area (Å²) >= 11 is 0. The van der Waals surface area contributed by atoms with Crippen molar-refractivity contribution in [3.8, 4) is 0 Å². The highest BCUT2D eigenvalue weighted by Crippen LogP contribution is 2.29. The Kier molecular flexibility index (Phi) is 3.97. The Morgan fingerprint density at radius 2 is 1.94 bits per heavy atom. The predicted octanol–water partition coefficient (Wildman–Crippen LogP) is 2.83. The third-order valence-corrected chi connectivity index (χ3v) is 3.56. The fraction of sp³-hybridized carbons (Fsp3) is 0.571. The zero-order valence-corrected chi connectivity index (χ0v) is 10.5. The number of hydrogen-bond acceptors (Lipinski definition) is 2. The summed E-state index contributed by atoms with van der Waals surface area (Å²) in [4.78, 5) is 0. The molecule has 0 aromatic heterocycles. The number of ether oxygens (including phenoxy) is 1. The minimum absolute atomic E-state index is 0.200. The lowest BCUT2D eigenvalue weighted by atomic mass is 9.87. The smallest absolute Gasteiger partial charge is 0.126 e. The molecule has 1 aliphatic rings. The summed E-state index contributed by atoms with van der Waals surface area (Å²) in [6.07, 6.45) is 2.22.